The molecule has 2 N–H and O–H groups in total. The highest BCUT2D eigenvalue weighted by atomic mass is 127. The molecule has 26 heavy (non-hydrogen) atoms. The number of guanidine groups is 1. The molecule has 1 unspecified atom stereocenters. The number of halogens is 1. The Morgan fingerprint density at radius 2 is 1.92 bits per heavy atom. The normalized spacial score (nSPS) is 18.3. The number of piperazine rings is 1. The van der Waals surface area contributed by atoms with Crippen molar-refractivity contribution in [3.63, 3.8) is 0 Å². The highest BCUT2D eigenvalue weighted by Crippen LogP contribution is 2.22. The number of nitrogens with zero attached hydrogens (tertiary/aromatic N) is 4. The first-order valence-electron chi connectivity index (χ1n) is 9.12. The zero-order valence-electron chi connectivity index (χ0n) is 17.0. The molecule has 2 rings (SSSR count). The minimum absolute atomic E-state index is 0. The minimum Gasteiger partial charge on any atom is -0.443 e. The summed E-state index contributed by atoms with van der Waals surface area (Å²) < 4.78 is 5.80. The van der Waals surface area contributed by atoms with Crippen LogP contribution in [-0.4, -0.2) is 73.6 Å². The molecule has 7 nitrogen and oxygen atoms in total. The van der Waals surface area contributed by atoms with Gasteiger partial charge >= 0.3 is 0 Å². The van der Waals surface area contributed by atoms with E-state index in [1.54, 1.807) is 7.05 Å². The van der Waals surface area contributed by atoms with Gasteiger partial charge in [0.25, 0.3) is 0 Å². The quantitative estimate of drug-likeness (QED) is 0.383. The Bertz CT molecular complexity index is 560. The molecule has 2 heterocycles. The van der Waals surface area contributed by atoms with Gasteiger partial charge in [-0.3, -0.25) is 9.89 Å². The van der Waals surface area contributed by atoms with Crippen molar-refractivity contribution < 1.29 is 4.42 Å². The Labute approximate surface area is 175 Å². The summed E-state index contributed by atoms with van der Waals surface area (Å²) in [5, 5.41) is 6.67. The van der Waals surface area contributed by atoms with Crippen LogP contribution in [0.2, 0.25) is 0 Å². The second kappa shape index (κ2) is 10.5. The van der Waals surface area contributed by atoms with E-state index in [1.165, 1.54) is 0 Å². The van der Waals surface area contributed by atoms with Crippen molar-refractivity contribution in [2.45, 2.75) is 45.7 Å². The van der Waals surface area contributed by atoms with Gasteiger partial charge < -0.3 is 20.0 Å². The molecule has 150 valence electrons. The van der Waals surface area contributed by atoms with Crippen molar-refractivity contribution in [1.29, 1.82) is 0 Å². The molecule has 1 atom stereocenters. The zero-order chi connectivity index (χ0) is 18.4. The van der Waals surface area contributed by atoms with Crippen LogP contribution in [0.15, 0.2) is 15.6 Å². The van der Waals surface area contributed by atoms with E-state index >= 15 is 0 Å². The molecule has 0 aliphatic carbocycles. The number of rotatable bonds is 5. The lowest BCUT2D eigenvalue weighted by Gasteiger charge is -2.36. The largest absolute Gasteiger partial charge is 0.443 e. The Kier molecular flexibility index (Phi) is 9.32. The van der Waals surface area contributed by atoms with E-state index in [4.69, 9.17) is 4.42 Å². The molecular weight excluding hydrogens is 443 g/mol. The number of aliphatic imine (C=N–C) groups is 1. The monoisotopic (exact) mass is 478 g/mol. The van der Waals surface area contributed by atoms with Gasteiger partial charge in [0.1, 0.15) is 5.76 Å². The SMILES string of the molecule is CN=C(NCc1ncc(C(C)(C)C)o1)NCC(C)N1CCN(C)CC1.I. The molecule has 0 saturated carbocycles. The maximum atomic E-state index is 5.80. The fraction of sp³-hybridized carbons (Fsp3) is 0.778. The van der Waals surface area contributed by atoms with Crippen molar-refractivity contribution in [2.24, 2.45) is 4.99 Å². The minimum atomic E-state index is -0.0247. The highest BCUT2D eigenvalue weighted by molar-refractivity contribution is 14.0. The molecule has 0 radical (unpaired) electrons. The molecule has 8 heteroatoms. The average Bonchev–Trinajstić information content (AvgIpc) is 3.04. The van der Waals surface area contributed by atoms with Gasteiger partial charge in [-0.2, -0.15) is 0 Å². The Balaban J connectivity index is 0.00000338. The van der Waals surface area contributed by atoms with Crippen LogP contribution in [0.4, 0.5) is 0 Å². The summed E-state index contributed by atoms with van der Waals surface area (Å²) in [5.41, 5.74) is -0.0247. The molecule has 1 aliphatic heterocycles. The van der Waals surface area contributed by atoms with Crippen LogP contribution in [-0.2, 0) is 12.0 Å². The predicted octanol–water partition coefficient (Wildman–Crippen LogP) is 1.89. The van der Waals surface area contributed by atoms with Crippen molar-refractivity contribution in [3.8, 4) is 0 Å². The molecule has 1 saturated heterocycles. The highest BCUT2D eigenvalue weighted by Gasteiger charge is 2.20. The van der Waals surface area contributed by atoms with Gasteiger partial charge in [-0.25, -0.2) is 4.98 Å². The van der Waals surface area contributed by atoms with E-state index in [-0.39, 0.29) is 29.4 Å². The van der Waals surface area contributed by atoms with Gasteiger partial charge in [0, 0.05) is 51.2 Å². The summed E-state index contributed by atoms with van der Waals surface area (Å²) in [4.78, 5) is 13.5. The maximum Gasteiger partial charge on any atom is 0.213 e. The smallest absolute Gasteiger partial charge is 0.213 e. The standard InChI is InChI=1S/C18H34N6O.HI/c1-14(24-9-7-23(6)8-10-24)11-21-17(19-5)22-13-16-20-12-15(25-16)18(2,3)4;/h12,14H,7-11,13H2,1-6H3,(H2,19,21,22);1H. The van der Waals surface area contributed by atoms with Gasteiger partial charge in [-0.05, 0) is 14.0 Å². The van der Waals surface area contributed by atoms with Gasteiger partial charge in [0.05, 0.1) is 12.7 Å². The summed E-state index contributed by atoms with van der Waals surface area (Å²) in [5.74, 6) is 2.35. The van der Waals surface area contributed by atoms with Gasteiger partial charge in [-0.1, -0.05) is 20.8 Å². The van der Waals surface area contributed by atoms with Crippen LogP contribution in [0, 0.1) is 0 Å². The number of hydrogen-bond donors (Lipinski definition) is 2. The molecule has 0 amide bonds. The molecule has 0 spiro atoms. The Morgan fingerprint density at radius 3 is 2.46 bits per heavy atom. The van der Waals surface area contributed by atoms with E-state index in [2.05, 4.69) is 65.2 Å². The van der Waals surface area contributed by atoms with E-state index < -0.39 is 0 Å². The van der Waals surface area contributed by atoms with Crippen molar-refractivity contribution in [3.05, 3.63) is 17.8 Å². The lowest BCUT2D eigenvalue weighted by Crippen LogP contribution is -2.52. The number of aromatic nitrogens is 1. The van der Waals surface area contributed by atoms with E-state index in [0.717, 1.165) is 44.4 Å². The van der Waals surface area contributed by atoms with Crippen LogP contribution >= 0.6 is 24.0 Å². The predicted molar refractivity (Wildman–Crippen MR) is 117 cm³/mol. The Hall–Kier alpha value is -0.870. The number of likely N-dealkylation sites (N-methyl/N-ethyl adjacent to an activating group) is 1. The van der Waals surface area contributed by atoms with Crippen LogP contribution in [0.25, 0.3) is 0 Å². The van der Waals surface area contributed by atoms with Gasteiger partial charge in [0.2, 0.25) is 5.89 Å². The fourth-order valence-electron chi connectivity index (χ4n) is 2.75. The summed E-state index contributed by atoms with van der Waals surface area (Å²) in [6.07, 6.45) is 1.81. The van der Waals surface area contributed by atoms with Crippen LogP contribution in [0.5, 0.6) is 0 Å². The van der Waals surface area contributed by atoms with Crippen LogP contribution in [0.1, 0.15) is 39.3 Å². The van der Waals surface area contributed by atoms with E-state index in [1.807, 2.05) is 6.20 Å². The second-order valence-electron chi connectivity index (χ2n) is 7.86. The first-order chi connectivity index (χ1) is 11.8. The topological polar surface area (TPSA) is 68.9 Å². The molecule has 0 aromatic carbocycles. The van der Waals surface area contributed by atoms with Crippen LogP contribution < -0.4 is 10.6 Å². The molecule has 1 aromatic heterocycles. The van der Waals surface area contributed by atoms with E-state index in [0.29, 0.717) is 18.5 Å². The molecule has 1 aromatic rings. The summed E-state index contributed by atoms with van der Waals surface area (Å²) >= 11 is 0. The molecule has 1 fully saturated rings. The molecular formula is C18H35IN6O. The number of nitrogens with one attached hydrogen (secondary N) is 2. The van der Waals surface area contributed by atoms with Crippen LogP contribution in [0.3, 0.4) is 0 Å². The summed E-state index contributed by atoms with van der Waals surface area (Å²) in [6, 6.07) is 0.474. The average molecular weight is 478 g/mol. The second-order valence-corrected chi connectivity index (χ2v) is 7.86. The lowest BCUT2D eigenvalue weighted by molar-refractivity contribution is 0.120. The third-order valence-corrected chi connectivity index (χ3v) is 4.65. The molecule has 0 bridgehead atoms. The maximum absolute atomic E-state index is 5.80. The number of oxazole rings is 1. The van der Waals surface area contributed by atoms with Gasteiger partial charge in [-0.15, -0.1) is 24.0 Å². The van der Waals surface area contributed by atoms with E-state index in [9.17, 15) is 0 Å². The Morgan fingerprint density at radius 1 is 1.27 bits per heavy atom. The van der Waals surface area contributed by atoms with Gasteiger partial charge in [0.15, 0.2) is 5.96 Å². The third kappa shape index (κ3) is 7.03. The third-order valence-electron chi connectivity index (χ3n) is 4.65. The molecule has 1 aliphatic rings. The first kappa shape index (κ1) is 23.2. The van der Waals surface area contributed by atoms with Crippen molar-refractivity contribution >= 4 is 29.9 Å². The van der Waals surface area contributed by atoms with Crippen molar-refractivity contribution in [2.75, 3.05) is 46.8 Å². The zero-order valence-corrected chi connectivity index (χ0v) is 19.3. The summed E-state index contributed by atoms with van der Waals surface area (Å²) in [6.45, 7) is 14.5. The fourth-order valence-corrected chi connectivity index (χ4v) is 2.75. The number of hydrogen-bond acceptors (Lipinski definition) is 5. The lowest BCUT2D eigenvalue weighted by atomic mass is 9.94. The van der Waals surface area contributed by atoms with Crippen molar-refractivity contribution in [1.82, 2.24) is 25.4 Å². The first-order valence-corrected chi connectivity index (χ1v) is 9.12. The summed E-state index contributed by atoms with van der Waals surface area (Å²) in [7, 11) is 3.96.